The van der Waals surface area contributed by atoms with Crippen molar-refractivity contribution in [1.82, 2.24) is 0 Å². The second kappa shape index (κ2) is 8.75. The number of halogens is 1. The molecule has 0 heterocycles. The molecular weight excluding hydrogens is 248 g/mol. The fraction of sp³-hybridized carbons (Fsp3) is 0.500. The molecule has 14 heavy (non-hydrogen) atoms. The third kappa shape index (κ3) is 6.04. The first-order valence-electron chi connectivity index (χ1n) is 5.07. The molecule has 0 fully saturated rings. The van der Waals surface area contributed by atoms with Crippen LogP contribution >= 0.6 is 15.9 Å². The summed E-state index contributed by atoms with van der Waals surface area (Å²) in [5.74, 6) is 0. The van der Waals surface area contributed by atoms with E-state index >= 15 is 0 Å². The van der Waals surface area contributed by atoms with Crippen LogP contribution in [0, 0.1) is 0 Å². The fourth-order valence-corrected chi connectivity index (χ4v) is 1.67. The van der Waals surface area contributed by atoms with Crippen molar-refractivity contribution >= 4 is 39.0 Å². The van der Waals surface area contributed by atoms with Crippen LogP contribution in [0.25, 0.3) is 0 Å². The van der Waals surface area contributed by atoms with Crippen LogP contribution in [0.2, 0.25) is 0 Å². The number of aryl methyl sites for hydroxylation is 1. The van der Waals surface area contributed by atoms with Gasteiger partial charge in [0.05, 0.1) is 0 Å². The normalized spacial score (nSPS) is 9.57. The molecular formula is C12H19BrMg. The molecule has 0 aromatic heterocycles. The minimum absolute atomic E-state index is 0. The van der Waals surface area contributed by atoms with Crippen LogP contribution < -0.4 is 0 Å². The maximum absolute atomic E-state index is 3.44. The Kier molecular flexibility index (Phi) is 9.04. The van der Waals surface area contributed by atoms with Gasteiger partial charge in [0.2, 0.25) is 0 Å². The van der Waals surface area contributed by atoms with E-state index in [1.165, 1.54) is 42.1 Å². The van der Waals surface area contributed by atoms with Crippen molar-refractivity contribution in [2.45, 2.75) is 39.0 Å². The van der Waals surface area contributed by atoms with E-state index in [0.29, 0.717) is 0 Å². The molecule has 1 rings (SSSR count). The van der Waals surface area contributed by atoms with E-state index in [9.17, 15) is 0 Å². The Hall–Kier alpha value is 0.466. The number of benzene rings is 1. The van der Waals surface area contributed by atoms with E-state index in [1.54, 1.807) is 0 Å². The molecule has 0 aliphatic carbocycles. The average Bonchev–Trinajstić information content (AvgIpc) is 2.15. The average molecular weight is 267 g/mol. The van der Waals surface area contributed by atoms with Gasteiger partial charge in [0.15, 0.2) is 0 Å². The van der Waals surface area contributed by atoms with E-state index in [-0.39, 0.29) is 23.1 Å². The molecule has 1 aromatic carbocycles. The molecule has 0 aliphatic heterocycles. The largest absolute Gasteiger partial charge is 0.316 e. The van der Waals surface area contributed by atoms with Gasteiger partial charge < -0.3 is 0 Å². The highest BCUT2D eigenvalue weighted by Gasteiger charge is 1.92. The predicted octanol–water partition coefficient (Wildman–Crippen LogP) is 3.66. The summed E-state index contributed by atoms with van der Waals surface area (Å²) >= 11 is 3.44. The minimum Gasteiger partial charge on any atom is -0.0654 e. The van der Waals surface area contributed by atoms with Crippen LogP contribution in [-0.2, 0) is 6.42 Å². The number of hydrogen-bond donors (Lipinski definition) is 0. The van der Waals surface area contributed by atoms with Crippen molar-refractivity contribution in [3.63, 3.8) is 0 Å². The summed E-state index contributed by atoms with van der Waals surface area (Å²) in [6, 6.07) is 8.65. The Morgan fingerprint density at radius 3 is 2.21 bits per heavy atom. The summed E-state index contributed by atoms with van der Waals surface area (Å²) in [6.45, 7) is 2.25. The van der Waals surface area contributed by atoms with Gasteiger partial charge in [-0.15, -0.1) is 0 Å². The number of hydrogen-bond acceptors (Lipinski definition) is 0. The zero-order chi connectivity index (χ0) is 9.52. The lowest BCUT2D eigenvalue weighted by Gasteiger charge is -2.00. The number of unbranched alkanes of at least 4 members (excludes halogenated alkanes) is 3. The molecule has 76 valence electrons. The van der Waals surface area contributed by atoms with Gasteiger partial charge in [0.1, 0.15) is 0 Å². The van der Waals surface area contributed by atoms with E-state index in [2.05, 4.69) is 47.1 Å². The van der Waals surface area contributed by atoms with Gasteiger partial charge in [-0.3, -0.25) is 0 Å². The second-order valence-corrected chi connectivity index (χ2v) is 4.35. The Labute approximate surface area is 112 Å². The summed E-state index contributed by atoms with van der Waals surface area (Å²) in [4.78, 5) is 0. The molecule has 0 atom stereocenters. The molecule has 2 heteroatoms. The van der Waals surface area contributed by atoms with Crippen molar-refractivity contribution in [3.8, 4) is 0 Å². The Morgan fingerprint density at radius 1 is 1.00 bits per heavy atom. The van der Waals surface area contributed by atoms with Crippen molar-refractivity contribution in [2.75, 3.05) is 0 Å². The summed E-state index contributed by atoms with van der Waals surface area (Å²) in [6.07, 6.45) is 6.62. The molecule has 0 unspecified atom stereocenters. The van der Waals surface area contributed by atoms with Crippen LogP contribution in [0.3, 0.4) is 0 Å². The molecule has 0 radical (unpaired) electrons. The van der Waals surface area contributed by atoms with Crippen LogP contribution in [0.1, 0.15) is 38.2 Å². The van der Waals surface area contributed by atoms with Gasteiger partial charge in [-0.2, -0.15) is 0 Å². The lowest BCUT2D eigenvalue weighted by molar-refractivity contribution is 0.667. The highest BCUT2D eigenvalue weighted by Crippen LogP contribution is 2.13. The van der Waals surface area contributed by atoms with Gasteiger partial charge >= 0.3 is 23.1 Å². The van der Waals surface area contributed by atoms with Crippen LogP contribution in [0.4, 0.5) is 0 Å². The molecule has 0 saturated carbocycles. The Bertz CT molecular complexity index is 231. The molecule has 1 aromatic rings. The van der Waals surface area contributed by atoms with Gasteiger partial charge in [-0.05, 0) is 30.5 Å². The van der Waals surface area contributed by atoms with Crippen LogP contribution in [0.5, 0.6) is 0 Å². The second-order valence-electron chi connectivity index (χ2n) is 3.44. The van der Waals surface area contributed by atoms with Crippen LogP contribution in [0.15, 0.2) is 28.7 Å². The number of rotatable bonds is 5. The molecule has 0 N–H and O–H groups in total. The molecule has 0 spiro atoms. The molecule has 0 aliphatic rings. The van der Waals surface area contributed by atoms with Crippen molar-refractivity contribution in [3.05, 3.63) is 34.3 Å². The van der Waals surface area contributed by atoms with Crippen molar-refractivity contribution in [2.24, 2.45) is 0 Å². The van der Waals surface area contributed by atoms with Gasteiger partial charge in [-0.1, -0.05) is 54.2 Å². The van der Waals surface area contributed by atoms with E-state index < -0.39 is 0 Å². The summed E-state index contributed by atoms with van der Waals surface area (Å²) < 4.78 is 1.17. The lowest BCUT2D eigenvalue weighted by atomic mass is 10.1. The summed E-state index contributed by atoms with van der Waals surface area (Å²) in [7, 11) is 0. The maximum Gasteiger partial charge on any atom is 0.316 e. The lowest BCUT2D eigenvalue weighted by Crippen LogP contribution is -1.84. The highest BCUT2D eigenvalue weighted by atomic mass is 79.9. The Balaban J connectivity index is 0.00000169. The van der Waals surface area contributed by atoms with Crippen molar-refractivity contribution in [1.29, 1.82) is 0 Å². The zero-order valence-corrected chi connectivity index (χ0v) is 9.81. The topological polar surface area (TPSA) is 0 Å². The summed E-state index contributed by atoms with van der Waals surface area (Å²) in [5.41, 5.74) is 1.46. The monoisotopic (exact) mass is 266 g/mol. The molecule has 0 saturated heterocycles. The van der Waals surface area contributed by atoms with E-state index in [0.717, 1.165) is 0 Å². The minimum atomic E-state index is 0. The van der Waals surface area contributed by atoms with Gasteiger partial charge in [0.25, 0.3) is 0 Å². The predicted molar refractivity (Wildman–Crippen MR) is 70.5 cm³/mol. The zero-order valence-electron chi connectivity index (χ0n) is 8.22. The summed E-state index contributed by atoms with van der Waals surface area (Å²) in [5, 5.41) is 0. The van der Waals surface area contributed by atoms with E-state index in [1.807, 2.05) is 0 Å². The molecule has 0 bridgehead atoms. The Morgan fingerprint density at radius 2 is 1.64 bits per heavy atom. The first-order chi connectivity index (χ1) is 6.33. The SMILES string of the molecule is CCCCCCc1ccc(Br)cc1.[MgH2]. The third-order valence-electron chi connectivity index (χ3n) is 2.23. The first kappa shape index (κ1) is 14.5. The highest BCUT2D eigenvalue weighted by molar-refractivity contribution is 9.10. The van der Waals surface area contributed by atoms with Crippen LogP contribution in [-0.4, -0.2) is 23.1 Å². The quantitative estimate of drug-likeness (QED) is 0.564. The molecule has 0 nitrogen and oxygen atoms in total. The van der Waals surface area contributed by atoms with E-state index in [4.69, 9.17) is 0 Å². The standard InChI is InChI=1S/C12H17Br.Mg.2H/c1-2-3-4-5-6-11-7-9-12(13)10-8-11;;;/h7-10H,2-6H2,1H3;;;. The molecule has 0 amide bonds. The first-order valence-corrected chi connectivity index (χ1v) is 5.86. The van der Waals surface area contributed by atoms with Crippen molar-refractivity contribution < 1.29 is 0 Å². The smallest absolute Gasteiger partial charge is 0.0654 e. The maximum atomic E-state index is 3.44. The fourth-order valence-electron chi connectivity index (χ4n) is 1.41. The van der Waals surface area contributed by atoms with Gasteiger partial charge in [0, 0.05) is 4.47 Å². The van der Waals surface area contributed by atoms with Gasteiger partial charge in [-0.25, -0.2) is 0 Å². The third-order valence-corrected chi connectivity index (χ3v) is 2.76.